The topological polar surface area (TPSA) is 66.6 Å². The van der Waals surface area contributed by atoms with E-state index in [1.807, 2.05) is 0 Å². The summed E-state index contributed by atoms with van der Waals surface area (Å²) < 4.78 is 28.4. The molecule has 6 heteroatoms. The van der Waals surface area contributed by atoms with E-state index in [1.54, 1.807) is 8.61 Å². The van der Waals surface area contributed by atoms with Crippen LogP contribution in [0.25, 0.3) is 0 Å². The molecular weight excluding hydrogens is 250 g/mol. The van der Waals surface area contributed by atoms with Gasteiger partial charge in [0.05, 0.1) is 0 Å². The minimum atomic E-state index is -3.30. The molecule has 2 aliphatic rings. The number of hydrogen-bond acceptors (Lipinski definition) is 3. The molecule has 0 aliphatic carbocycles. The highest BCUT2D eigenvalue weighted by Crippen LogP contribution is 2.24. The van der Waals surface area contributed by atoms with Crippen molar-refractivity contribution in [1.29, 1.82) is 0 Å². The predicted molar refractivity (Wildman–Crippen MR) is 72.2 cm³/mol. The molecule has 0 aromatic heterocycles. The third kappa shape index (κ3) is 3.04. The Balaban J connectivity index is 2.09. The fourth-order valence-electron chi connectivity index (χ4n) is 3.06. The summed E-state index contributed by atoms with van der Waals surface area (Å²) in [5, 5.41) is 0. The summed E-state index contributed by atoms with van der Waals surface area (Å²) in [6, 6.07) is -0.0225. The first-order valence-electron chi connectivity index (χ1n) is 6.90. The Hall–Kier alpha value is -0.170. The molecule has 0 spiro atoms. The van der Waals surface area contributed by atoms with Crippen molar-refractivity contribution < 1.29 is 8.42 Å². The van der Waals surface area contributed by atoms with E-state index in [9.17, 15) is 8.42 Å². The van der Waals surface area contributed by atoms with Crippen LogP contribution in [-0.4, -0.2) is 49.2 Å². The van der Waals surface area contributed by atoms with Gasteiger partial charge < -0.3 is 5.73 Å². The van der Waals surface area contributed by atoms with Crippen molar-refractivity contribution in [3.8, 4) is 0 Å². The molecule has 0 bridgehead atoms. The van der Waals surface area contributed by atoms with Crippen LogP contribution in [0.4, 0.5) is 0 Å². The van der Waals surface area contributed by atoms with Gasteiger partial charge in [0.1, 0.15) is 0 Å². The molecule has 5 nitrogen and oxygen atoms in total. The van der Waals surface area contributed by atoms with Crippen molar-refractivity contribution in [3.05, 3.63) is 0 Å². The zero-order chi connectivity index (χ0) is 13.3. The second kappa shape index (κ2) is 5.45. The maximum Gasteiger partial charge on any atom is 0.282 e. The second-order valence-corrected chi connectivity index (χ2v) is 7.96. The van der Waals surface area contributed by atoms with E-state index >= 15 is 0 Å². The molecule has 0 aromatic carbocycles. The second-order valence-electron chi connectivity index (χ2n) is 6.03. The lowest BCUT2D eigenvalue weighted by atomic mass is 9.99. The first kappa shape index (κ1) is 14.2. The zero-order valence-corrected chi connectivity index (χ0v) is 12.2. The van der Waals surface area contributed by atoms with Gasteiger partial charge in [0, 0.05) is 32.2 Å². The molecule has 0 aromatic rings. The van der Waals surface area contributed by atoms with Crippen molar-refractivity contribution in [3.63, 3.8) is 0 Å². The zero-order valence-electron chi connectivity index (χ0n) is 11.4. The van der Waals surface area contributed by atoms with E-state index in [0.717, 1.165) is 19.3 Å². The monoisotopic (exact) mass is 275 g/mol. The number of nitrogens with zero attached hydrogens (tertiary/aromatic N) is 2. The van der Waals surface area contributed by atoms with Crippen LogP contribution in [0.15, 0.2) is 0 Å². The van der Waals surface area contributed by atoms with Gasteiger partial charge in [-0.1, -0.05) is 13.8 Å². The van der Waals surface area contributed by atoms with Gasteiger partial charge in [-0.05, 0) is 31.1 Å². The Morgan fingerprint density at radius 3 is 2.33 bits per heavy atom. The Morgan fingerprint density at radius 1 is 1.06 bits per heavy atom. The highest BCUT2D eigenvalue weighted by Gasteiger charge is 2.36. The highest BCUT2D eigenvalue weighted by atomic mass is 32.2. The summed E-state index contributed by atoms with van der Waals surface area (Å²) in [5.74, 6) is 0.815. The van der Waals surface area contributed by atoms with Crippen molar-refractivity contribution in [2.75, 3.05) is 26.2 Å². The van der Waals surface area contributed by atoms with Crippen LogP contribution in [-0.2, 0) is 10.2 Å². The Kier molecular flexibility index (Phi) is 4.31. The standard InChI is InChI=1S/C12H25N3O2S/c1-10-4-3-5-14(7-10)18(16,17)15-8-11(2)6-12(13)9-15/h10-12H,3-9,13H2,1-2H3. The lowest BCUT2D eigenvalue weighted by Crippen LogP contribution is -2.54. The van der Waals surface area contributed by atoms with Gasteiger partial charge >= 0.3 is 0 Å². The molecule has 0 saturated carbocycles. The summed E-state index contributed by atoms with van der Waals surface area (Å²) in [4.78, 5) is 0. The highest BCUT2D eigenvalue weighted by molar-refractivity contribution is 7.86. The van der Waals surface area contributed by atoms with Gasteiger partial charge in [-0.25, -0.2) is 0 Å². The Bertz CT molecular complexity index is 375. The third-order valence-corrected chi connectivity index (χ3v) is 5.87. The lowest BCUT2D eigenvalue weighted by Gasteiger charge is -2.39. The molecule has 0 amide bonds. The molecule has 2 aliphatic heterocycles. The van der Waals surface area contributed by atoms with E-state index in [2.05, 4.69) is 13.8 Å². The fraction of sp³-hybridized carbons (Fsp3) is 1.00. The third-order valence-electron chi connectivity index (χ3n) is 3.93. The smallest absolute Gasteiger partial charge is 0.282 e. The minimum absolute atomic E-state index is 0.0225. The largest absolute Gasteiger partial charge is 0.326 e. The molecule has 2 N–H and O–H groups in total. The van der Waals surface area contributed by atoms with E-state index in [1.165, 1.54) is 0 Å². The van der Waals surface area contributed by atoms with Crippen LogP contribution < -0.4 is 5.73 Å². The van der Waals surface area contributed by atoms with E-state index in [0.29, 0.717) is 38.0 Å². The molecular formula is C12H25N3O2S. The molecule has 2 fully saturated rings. The number of rotatable bonds is 2. The van der Waals surface area contributed by atoms with Crippen molar-refractivity contribution >= 4 is 10.2 Å². The molecule has 2 rings (SSSR count). The van der Waals surface area contributed by atoms with Crippen molar-refractivity contribution in [2.45, 2.75) is 39.2 Å². The van der Waals surface area contributed by atoms with Crippen LogP contribution in [0.1, 0.15) is 33.1 Å². The van der Waals surface area contributed by atoms with E-state index < -0.39 is 10.2 Å². The summed E-state index contributed by atoms with van der Waals surface area (Å²) >= 11 is 0. The summed E-state index contributed by atoms with van der Waals surface area (Å²) in [5.41, 5.74) is 5.94. The summed E-state index contributed by atoms with van der Waals surface area (Å²) in [6.45, 7) is 6.58. The minimum Gasteiger partial charge on any atom is -0.326 e. The predicted octanol–water partition coefficient (Wildman–Crippen LogP) is 0.632. The summed E-state index contributed by atoms with van der Waals surface area (Å²) in [7, 11) is -3.30. The first-order valence-corrected chi connectivity index (χ1v) is 8.30. The Labute approximate surface area is 110 Å². The van der Waals surface area contributed by atoms with Gasteiger partial charge in [-0.3, -0.25) is 0 Å². The van der Waals surface area contributed by atoms with E-state index in [4.69, 9.17) is 5.73 Å². The SMILES string of the molecule is CC1CCCN(S(=O)(=O)N2CC(C)CC(N)C2)C1. The van der Waals surface area contributed by atoms with Crippen LogP contribution in [0.2, 0.25) is 0 Å². The lowest BCUT2D eigenvalue weighted by molar-refractivity contribution is 0.216. The quantitative estimate of drug-likeness (QED) is 0.804. The molecule has 2 saturated heterocycles. The summed E-state index contributed by atoms with van der Waals surface area (Å²) in [6.07, 6.45) is 3.01. The number of nitrogens with two attached hydrogens (primary N) is 1. The number of hydrogen-bond donors (Lipinski definition) is 1. The maximum atomic E-state index is 12.6. The van der Waals surface area contributed by atoms with Crippen LogP contribution in [0.5, 0.6) is 0 Å². The molecule has 0 radical (unpaired) electrons. The average molecular weight is 275 g/mol. The first-order chi connectivity index (χ1) is 8.39. The van der Waals surface area contributed by atoms with Gasteiger partial charge in [-0.15, -0.1) is 0 Å². The van der Waals surface area contributed by atoms with Gasteiger partial charge in [0.15, 0.2) is 0 Å². The normalized spacial score (nSPS) is 36.7. The van der Waals surface area contributed by atoms with Crippen LogP contribution >= 0.6 is 0 Å². The van der Waals surface area contributed by atoms with Crippen molar-refractivity contribution in [2.24, 2.45) is 17.6 Å². The maximum absolute atomic E-state index is 12.6. The van der Waals surface area contributed by atoms with Crippen molar-refractivity contribution in [1.82, 2.24) is 8.61 Å². The fourth-order valence-corrected chi connectivity index (χ4v) is 5.01. The van der Waals surface area contributed by atoms with Gasteiger partial charge in [0.2, 0.25) is 0 Å². The Morgan fingerprint density at radius 2 is 1.72 bits per heavy atom. The molecule has 2 heterocycles. The molecule has 3 atom stereocenters. The van der Waals surface area contributed by atoms with Crippen LogP contribution in [0.3, 0.4) is 0 Å². The average Bonchev–Trinajstić information content (AvgIpc) is 2.27. The van der Waals surface area contributed by atoms with Gasteiger partial charge in [0.25, 0.3) is 10.2 Å². The number of piperidine rings is 2. The van der Waals surface area contributed by atoms with E-state index in [-0.39, 0.29) is 6.04 Å². The molecule has 106 valence electrons. The molecule has 3 unspecified atom stereocenters. The molecule has 18 heavy (non-hydrogen) atoms. The van der Waals surface area contributed by atoms with Gasteiger partial charge in [-0.2, -0.15) is 17.0 Å². The van der Waals surface area contributed by atoms with Crippen LogP contribution in [0, 0.1) is 11.8 Å².